The normalized spacial score (nSPS) is 14.7. The minimum atomic E-state index is -0.540. The molecule has 0 spiro atoms. The van der Waals surface area contributed by atoms with E-state index in [1.54, 1.807) is 12.1 Å². The highest BCUT2D eigenvalue weighted by molar-refractivity contribution is 6.32. The first-order chi connectivity index (χ1) is 13.5. The molecule has 1 fully saturated rings. The molecule has 2 heterocycles. The number of rotatable bonds is 7. The van der Waals surface area contributed by atoms with Crippen LogP contribution in [0.2, 0.25) is 5.02 Å². The number of hydrogen-bond acceptors (Lipinski definition) is 8. The highest BCUT2D eigenvalue weighted by atomic mass is 35.5. The van der Waals surface area contributed by atoms with Crippen LogP contribution in [0, 0.1) is 24.0 Å². The summed E-state index contributed by atoms with van der Waals surface area (Å²) in [5.74, 6) is 0.445. The van der Waals surface area contributed by atoms with E-state index in [-0.39, 0.29) is 17.4 Å². The largest absolute Gasteiger partial charge is 0.434 e. The van der Waals surface area contributed by atoms with E-state index in [9.17, 15) is 10.1 Å². The average Bonchev–Trinajstić information content (AvgIpc) is 2.67. The van der Waals surface area contributed by atoms with Gasteiger partial charge in [-0.25, -0.2) is 4.98 Å². The molecule has 150 valence electrons. The summed E-state index contributed by atoms with van der Waals surface area (Å²) in [6.45, 7) is 8.02. The molecule has 0 saturated carbocycles. The Kier molecular flexibility index (Phi) is 6.61. The Morgan fingerprint density at radius 3 is 2.61 bits per heavy atom. The van der Waals surface area contributed by atoms with Crippen molar-refractivity contribution in [2.75, 3.05) is 44.7 Å². The van der Waals surface area contributed by atoms with E-state index in [4.69, 9.17) is 21.1 Å². The minimum absolute atomic E-state index is 0.116. The van der Waals surface area contributed by atoms with Crippen LogP contribution in [0.15, 0.2) is 18.5 Å². The van der Waals surface area contributed by atoms with E-state index < -0.39 is 4.92 Å². The predicted octanol–water partition coefficient (Wildman–Crippen LogP) is 3.19. The van der Waals surface area contributed by atoms with E-state index in [0.717, 1.165) is 30.8 Å². The standard InChI is InChI=1S/C18H22ClN5O4/c1-12-9-14(10-13(2)15(12)19)28-18-16(24(25)26)17(21-11-22-18)20-3-4-23-5-7-27-8-6-23/h9-11H,3-8H2,1-2H3,(H,20,21,22). The highest BCUT2D eigenvalue weighted by Crippen LogP contribution is 2.35. The Bertz CT molecular complexity index is 835. The Morgan fingerprint density at radius 1 is 1.29 bits per heavy atom. The Hall–Kier alpha value is -2.49. The van der Waals surface area contributed by atoms with Crippen molar-refractivity contribution >= 4 is 23.1 Å². The van der Waals surface area contributed by atoms with Gasteiger partial charge in [0.2, 0.25) is 5.82 Å². The predicted molar refractivity (Wildman–Crippen MR) is 105 cm³/mol. The fourth-order valence-electron chi connectivity index (χ4n) is 2.97. The number of aromatic nitrogens is 2. The lowest BCUT2D eigenvalue weighted by Gasteiger charge is -2.26. The maximum Gasteiger partial charge on any atom is 0.373 e. The van der Waals surface area contributed by atoms with Crippen LogP contribution < -0.4 is 10.1 Å². The number of nitrogens with zero attached hydrogens (tertiary/aromatic N) is 4. The molecule has 1 aliphatic rings. The monoisotopic (exact) mass is 407 g/mol. The van der Waals surface area contributed by atoms with Gasteiger partial charge in [0.15, 0.2) is 0 Å². The molecule has 3 rings (SSSR count). The summed E-state index contributed by atoms with van der Waals surface area (Å²) in [4.78, 5) is 21.3. The zero-order valence-corrected chi connectivity index (χ0v) is 16.5. The molecule has 0 atom stereocenters. The fourth-order valence-corrected chi connectivity index (χ4v) is 3.07. The third-order valence-electron chi connectivity index (χ3n) is 4.42. The number of nitrogens with one attached hydrogen (secondary N) is 1. The van der Waals surface area contributed by atoms with E-state index in [2.05, 4.69) is 20.2 Å². The molecule has 0 bridgehead atoms. The number of nitro groups is 1. The highest BCUT2D eigenvalue weighted by Gasteiger charge is 2.25. The van der Waals surface area contributed by atoms with Crippen molar-refractivity contribution in [3.63, 3.8) is 0 Å². The molecule has 0 radical (unpaired) electrons. The molecule has 2 aromatic rings. The van der Waals surface area contributed by atoms with Gasteiger partial charge >= 0.3 is 11.6 Å². The van der Waals surface area contributed by atoms with Crippen LogP contribution in [0.5, 0.6) is 11.6 Å². The third kappa shape index (κ3) is 4.86. The van der Waals surface area contributed by atoms with Gasteiger partial charge in [-0.15, -0.1) is 0 Å². The molecule has 1 aromatic carbocycles. The molecule has 0 unspecified atom stereocenters. The molecule has 1 N–H and O–H groups in total. The second kappa shape index (κ2) is 9.13. The van der Waals surface area contributed by atoms with Gasteiger partial charge in [0, 0.05) is 31.2 Å². The maximum atomic E-state index is 11.6. The molecule has 9 nitrogen and oxygen atoms in total. The third-order valence-corrected chi connectivity index (χ3v) is 5.02. The lowest BCUT2D eigenvalue weighted by atomic mass is 10.1. The second-order valence-corrected chi connectivity index (χ2v) is 6.87. The zero-order valence-electron chi connectivity index (χ0n) is 15.8. The van der Waals surface area contributed by atoms with E-state index in [0.29, 0.717) is 30.5 Å². The van der Waals surface area contributed by atoms with Crippen molar-refractivity contribution in [3.05, 3.63) is 44.7 Å². The van der Waals surface area contributed by atoms with E-state index in [1.165, 1.54) is 6.33 Å². The maximum absolute atomic E-state index is 11.6. The molecule has 28 heavy (non-hydrogen) atoms. The molecular formula is C18H22ClN5O4. The van der Waals surface area contributed by atoms with Gasteiger partial charge < -0.3 is 14.8 Å². The first-order valence-electron chi connectivity index (χ1n) is 8.93. The smallest absolute Gasteiger partial charge is 0.373 e. The van der Waals surface area contributed by atoms with E-state index in [1.807, 2.05) is 13.8 Å². The van der Waals surface area contributed by atoms with Gasteiger partial charge in [0.05, 0.1) is 18.1 Å². The number of hydrogen-bond donors (Lipinski definition) is 1. The number of aryl methyl sites for hydroxylation is 2. The van der Waals surface area contributed by atoms with Gasteiger partial charge in [-0.2, -0.15) is 4.98 Å². The molecule has 1 saturated heterocycles. The Balaban J connectivity index is 1.76. The van der Waals surface area contributed by atoms with Crippen LogP contribution in [0.4, 0.5) is 11.5 Å². The van der Waals surface area contributed by atoms with Crippen molar-refractivity contribution in [3.8, 4) is 11.6 Å². The van der Waals surface area contributed by atoms with Crippen molar-refractivity contribution in [1.82, 2.24) is 14.9 Å². The summed E-state index contributed by atoms with van der Waals surface area (Å²) in [5.41, 5.74) is 1.34. The number of ether oxygens (including phenoxy) is 2. The number of anilines is 1. The molecular weight excluding hydrogens is 386 g/mol. The number of morpholine rings is 1. The van der Waals surface area contributed by atoms with Crippen LogP contribution in [0.3, 0.4) is 0 Å². The van der Waals surface area contributed by atoms with Crippen LogP contribution in [0.25, 0.3) is 0 Å². The van der Waals surface area contributed by atoms with Crippen LogP contribution in [-0.2, 0) is 4.74 Å². The second-order valence-electron chi connectivity index (χ2n) is 6.49. The van der Waals surface area contributed by atoms with Crippen molar-refractivity contribution in [2.45, 2.75) is 13.8 Å². The Labute approximate surface area is 167 Å². The van der Waals surface area contributed by atoms with Crippen molar-refractivity contribution in [1.29, 1.82) is 0 Å². The van der Waals surface area contributed by atoms with Crippen LogP contribution in [-0.4, -0.2) is 59.2 Å². The van der Waals surface area contributed by atoms with E-state index >= 15 is 0 Å². The summed E-state index contributed by atoms with van der Waals surface area (Å²) in [5, 5.41) is 15.3. The summed E-state index contributed by atoms with van der Waals surface area (Å²) in [7, 11) is 0. The van der Waals surface area contributed by atoms with Crippen LogP contribution in [0.1, 0.15) is 11.1 Å². The van der Waals surface area contributed by atoms with Gasteiger partial charge in [0.1, 0.15) is 12.1 Å². The zero-order chi connectivity index (χ0) is 20.1. The SMILES string of the molecule is Cc1cc(Oc2ncnc(NCCN3CCOCC3)c2[N+](=O)[O-])cc(C)c1Cl. The quantitative estimate of drug-likeness (QED) is 0.551. The molecule has 1 aliphatic heterocycles. The summed E-state index contributed by atoms with van der Waals surface area (Å²) in [6, 6.07) is 3.43. The van der Waals surface area contributed by atoms with Crippen molar-refractivity contribution < 1.29 is 14.4 Å². The fraction of sp³-hybridized carbons (Fsp3) is 0.444. The first-order valence-corrected chi connectivity index (χ1v) is 9.31. The lowest BCUT2D eigenvalue weighted by Crippen LogP contribution is -2.39. The summed E-state index contributed by atoms with van der Waals surface area (Å²) in [6.07, 6.45) is 1.25. The first kappa shape index (κ1) is 20.2. The van der Waals surface area contributed by atoms with Crippen LogP contribution >= 0.6 is 11.6 Å². The Morgan fingerprint density at radius 2 is 1.96 bits per heavy atom. The van der Waals surface area contributed by atoms with Gasteiger partial charge in [0.25, 0.3) is 0 Å². The van der Waals surface area contributed by atoms with Gasteiger partial charge in [-0.1, -0.05) is 11.6 Å². The number of halogens is 1. The lowest BCUT2D eigenvalue weighted by molar-refractivity contribution is -0.385. The summed E-state index contributed by atoms with van der Waals surface area (Å²) >= 11 is 6.17. The number of benzene rings is 1. The van der Waals surface area contributed by atoms with Gasteiger partial charge in [-0.3, -0.25) is 15.0 Å². The summed E-state index contributed by atoms with van der Waals surface area (Å²) < 4.78 is 11.0. The average molecular weight is 408 g/mol. The molecule has 0 amide bonds. The minimum Gasteiger partial charge on any atom is -0.434 e. The van der Waals surface area contributed by atoms with Crippen molar-refractivity contribution in [2.24, 2.45) is 0 Å². The molecule has 10 heteroatoms. The molecule has 0 aliphatic carbocycles. The topological polar surface area (TPSA) is 103 Å². The molecule has 1 aromatic heterocycles. The van der Waals surface area contributed by atoms with Gasteiger partial charge in [-0.05, 0) is 37.1 Å².